The monoisotopic (exact) mass is 340 g/mol. The summed E-state index contributed by atoms with van der Waals surface area (Å²) in [5.74, 6) is 0.701. The van der Waals surface area contributed by atoms with E-state index in [1.165, 1.54) is 6.26 Å². The zero-order chi connectivity index (χ0) is 14.0. The van der Waals surface area contributed by atoms with Crippen molar-refractivity contribution in [1.29, 1.82) is 0 Å². The third-order valence-corrected chi connectivity index (χ3v) is 4.76. The maximum atomic E-state index is 11.4. The Kier molecular flexibility index (Phi) is 3.91. The Hall–Kier alpha value is -1.40. The van der Waals surface area contributed by atoms with Gasteiger partial charge in [-0.1, -0.05) is 0 Å². The average Bonchev–Trinajstić information content (AvgIpc) is 2.35. The van der Waals surface area contributed by atoms with Gasteiger partial charge >= 0.3 is 0 Å². The molecular formula is C13H13BrN2O2S. The van der Waals surface area contributed by atoms with Crippen molar-refractivity contribution >= 4 is 37.3 Å². The Morgan fingerprint density at radius 1 is 1.16 bits per heavy atom. The molecule has 0 saturated carbocycles. The third kappa shape index (κ3) is 3.33. The second-order valence-electron chi connectivity index (χ2n) is 4.21. The van der Waals surface area contributed by atoms with E-state index in [1.54, 1.807) is 30.5 Å². The Morgan fingerprint density at radius 3 is 2.37 bits per heavy atom. The van der Waals surface area contributed by atoms with E-state index in [-0.39, 0.29) is 0 Å². The van der Waals surface area contributed by atoms with E-state index in [9.17, 15) is 8.42 Å². The topological polar surface area (TPSA) is 59.1 Å². The molecule has 0 aliphatic carbocycles. The number of halogens is 1. The number of nitrogens with zero attached hydrogens (tertiary/aromatic N) is 1. The number of benzene rings is 1. The third-order valence-electron chi connectivity index (χ3n) is 2.63. The first-order chi connectivity index (χ1) is 8.88. The molecule has 19 heavy (non-hydrogen) atoms. The molecule has 100 valence electrons. The summed E-state index contributed by atoms with van der Waals surface area (Å²) >= 11 is 3.46. The van der Waals surface area contributed by atoms with Crippen LogP contribution in [0.4, 0.5) is 11.5 Å². The van der Waals surface area contributed by atoms with E-state index in [0.29, 0.717) is 10.7 Å². The van der Waals surface area contributed by atoms with Crippen molar-refractivity contribution in [3.05, 3.63) is 46.6 Å². The first kappa shape index (κ1) is 14.0. The summed E-state index contributed by atoms with van der Waals surface area (Å²) in [6, 6.07) is 8.48. The highest BCUT2D eigenvalue weighted by molar-refractivity contribution is 9.10. The van der Waals surface area contributed by atoms with Gasteiger partial charge in [-0.25, -0.2) is 13.4 Å². The zero-order valence-corrected chi connectivity index (χ0v) is 12.9. The summed E-state index contributed by atoms with van der Waals surface area (Å²) in [5, 5.41) is 3.14. The van der Waals surface area contributed by atoms with Gasteiger partial charge in [0.1, 0.15) is 5.82 Å². The van der Waals surface area contributed by atoms with Crippen molar-refractivity contribution in [3.8, 4) is 0 Å². The summed E-state index contributed by atoms with van der Waals surface area (Å²) in [7, 11) is -3.16. The predicted octanol–water partition coefficient (Wildman–Crippen LogP) is 3.30. The quantitative estimate of drug-likeness (QED) is 0.931. The Morgan fingerprint density at radius 2 is 1.79 bits per heavy atom. The summed E-state index contributed by atoms with van der Waals surface area (Å²) in [6.07, 6.45) is 2.90. The second kappa shape index (κ2) is 5.30. The summed E-state index contributed by atoms with van der Waals surface area (Å²) < 4.78 is 23.6. The molecular weight excluding hydrogens is 328 g/mol. The average molecular weight is 341 g/mol. The van der Waals surface area contributed by atoms with Crippen LogP contribution in [-0.4, -0.2) is 19.7 Å². The zero-order valence-electron chi connectivity index (χ0n) is 10.5. The van der Waals surface area contributed by atoms with Gasteiger partial charge in [0.05, 0.1) is 9.37 Å². The first-order valence-electron chi connectivity index (χ1n) is 5.56. The molecule has 0 atom stereocenters. The molecule has 0 aliphatic heterocycles. The molecule has 6 heteroatoms. The predicted molar refractivity (Wildman–Crippen MR) is 79.5 cm³/mol. The highest BCUT2D eigenvalue weighted by Gasteiger charge is 2.07. The van der Waals surface area contributed by atoms with E-state index >= 15 is 0 Å². The lowest BCUT2D eigenvalue weighted by molar-refractivity contribution is 0.602. The van der Waals surface area contributed by atoms with Gasteiger partial charge < -0.3 is 5.32 Å². The maximum Gasteiger partial charge on any atom is 0.175 e. The maximum absolute atomic E-state index is 11.4. The van der Waals surface area contributed by atoms with Gasteiger partial charge in [-0.2, -0.15) is 0 Å². The van der Waals surface area contributed by atoms with E-state index in [0.717, 1.165) is 15.7 Å². The molecule has 0 amide bonds. The lowest BCUT2D eigenvalue weighted by Gasteiger charge is -2.09. The largest absolute Gasteiger partial charge is 0.339 e. The molecule has 0 saturated heterocycles. The highest BCUT2D eigenvalue weighted by Crippen LogP contribution is 2.26. The number of aryl methyl sites for hydroxylation is 1. The van der Waals surface area contributed by atoms with Crippen molar-refractivity contribution in [1.82, 2.24) is 4.98 Å². The smallest absolute Gasteiger partial charge is 0.175 e. The minimum absolute atomic E-state index is 0.300. The SMILES string of the molecule is Cc1ccnc(Nc2ccc(S(C)(=O)=O)cc2)c1Br. The van der Waals surface area contributed by atoms with Gasteiger partial charge in [0.15, 0.2) is 9.84 Å². The number of anilines is 2. The number of hydrogen-bond donors (Lipinski definition) is 1. The van der Waals surface area contributed by atoms with Crippen LogP contribution in [0.3, 0.4) is 0 Å². The number of aromatic nitrogens is 1. The number of pyridine rings is 1. The molecule has 2 aromatic rings. The van der Waals surface area contributed by atoms with Gasteiger partial charge in [-0.15, -0.1) is 0 Å². The number of nitrogens with one attached hydrogen (secondary N) is 1. The van der Waals surface area contributed by atoms with Crippen molar-refractivity contribution in [2.24, 2.45) is 0 Å². The minimum atomic E-state index is -3.16. The fraction of sp³-hybridized carbons (Fsp3) is 0.154. The second-order valence-corrected chi connectivity index (χ2v) is 7.02. The number of rotatable bonds is 3. The fourth-order valence-corrected chi connectivity index (χ4v) is 2.51. The Balaban J connectivity index is 2.27. The van der Waals surface area contributed by atoms with Crippen LogP contribution in [0.25, 0.3) is 0 Å². The van der Waals surface area contributed by atoms with Crippen LogP contribution < -0.4 is 5.32 Å². The normalized spacial score (nSPS) is 11.3. The van der Waals surface area contributed by atoms with E-state index in [1.807, 2.05) is 13.0 Å². The van der Waals surface area contributed by atoms with Crippen molar-refractivity contribution in [2.75, 3.05) is 11.6 Å². The van der Waals surface area contributed by atoms with Crippen LogP contribution in [0, 0.1) is 6.92 Å². The molecule has 4 nitrogen and oxygen atoms in total. The van der Waals surface area contributed by atoms with Crippen molar-refractivity contribution in [2.45, 2.75) is 11.8 Å². The first-order valence-corrected chi connectivity index (χ1v) is 8.24. The van der Waals surface area contributed by atoms with Crippen LogP contribution in [0.5, 0.6) is 0 Å². The number of hydrogen-bond acceptors (Lipinski definition) is 4. The van der Waals surface area contributed by atoms with Crippen LogP contribution in [-0.2, 0) is 9.84 Å². The van der Waals surface area contributed by atoms with E-state index in [4.69, 9.17) is 0 Å². The number of sulfone groups is 1. The van der Waals surface area contributed by atoms with Gasteiger partial charge in [0.2, 0.25) is 0 Å². The van der Waals surface area contributed by atoms with Crippen LogP contribution in [0.15, 0.2) is 45.9 Å². The van der Waals surface area contributed by atoms with Gasteiger partial charge in [-0.05, 0) is 58.7 Å². The summed E-state index contributed by atoms with van der Waals surface area (Å²) in [4.78, 5) is 4.53. The van der Waals surface area contributed by atoms with Crippen molar-refractivity contribution < 1.29 is 8.42 Å². The van der Waals surface area contributed by atoms with Crippen LogP contribution >= 0.6 is 15.9 Å². The molecule has 1 aromatic heterocycles. The fourth-order valence-electron chi connectivity index (χ4n) is 1.55. The molecule has 0 fully saturated rings. The van der Waals surface area contributed by atoms with Crippen molar-refractivity contribution in [3.63, 3.8) is 0 Å². The Bertz CT molecular complexity index is 697. The molecule has 2 rings (SSSR count). The molecule has 0 radical (unpaired) electrons. The lowest BCUT2D eigenvalue weighted by atomic mass is 10.3. The minimum Gasteiger partial charge on any atom is -0.339 e. The lowest BCUT2D eigenvalue weighted by Crippen LogP contribution is -1.98. The Labute approximate surface area is 120 Å². The molecule has 0 unspecified atom stereocenters. The molecule has 1 N–H and O–H groups in total. The summed E-state index contributed by atoms with van der Waals surface area (Å²) in [6.45, 7) is 1.98. The molecule has 0 aliphatic rings. The molecule has 0 bridgehead atoms. The van der Waals surface area contributed by atoms with Gasteiger partial charge in [-0.3, -0.25) is 0 Å². The van der Waals surface area contributed by atoms with E-state index < -0.39 is 9.84 Å². The molecule has 1 heterocycles. The molecule has 0 spiro atoms. The van der Waals surface area contributed by atoms with Crippen LogP contribution in [0.2, 0.25) is 0 Å². The summed E-state index contributed by atoms with van der Waals surface area (Å²) in [5.41, 5.74) is 1.86. The standard InChI is InChI=1S/C13H13BrN2O2S/c1-9-7-8-15-13(12(9)14)16-10-3-5-11(6-4-10)19(2,17)18/h3-8H,1-2H3,(H,15,16). The highest BCUT2D eigenvalue weighted by atomic mass is 79.9. The van der Waals surface area contributed by atoms with E-state index in [2.05, 4.69) is 26.2 Å². The van der Waals surface area contributed by atoms with Crippen LogP contribution in [0.1, 0.15) is 5.56 Å². The van der Waals surface area contributed by atoms with Gasteiger partial charge in [0.25, 0.3) is 0 Å². The van der Waals surface area contributed by atoms with Gasteiger partial charge in [0, 0.05) is 18.1 Å². The molecule has 1 aromatic carbocycles.